The lowest BCUT2D eigenvalue weighted by Gasteiger charge is -2.35. The van der Waals surface area contributed by atoms with Gasteiger partial charge in [-0.2, -0.15) is 18.3 Å². The summed E-state index contributed by atoms with van der Waals surface area (Å²) in [6, 6.07) is 8.38. The third-order valence-electron chi connectivity index (χ3n) is 4.64. The van der Waals surface area contributed by atoms with Crippen LogP contribution in [0.2, 0.25) is 0 Å². The number of rotatable bonds is 3. The van der Waals surface area contributed by atoms with Crippen LogP contribution in [0.25, 0.3) is 5.82 Å². The molecule has 11 heteroatoms. The van der Waals surface area contributed by atoms with E-state index in [1.807, 2.05) is 4.90 Å². The van der Waals surface area contributed by atoms with Crippen LogP contribution in [-0.2, 0) is 6.18 Å². The number of nitrogens with zero attached hydrogens (tertiary/aromatic N) is 7. The minimum absolute atomic E-state index is 0.289. The molecule has 3 heterocycles. The standard InChI is InChI=1S/C18H16F3N7O/c19-18(20,21)14-4-2-1-3-13(14)17(29)27-9-7-26(8-10-27)15-5-6-16(25-24-15)28-12-22-11-23-28/h1-6,11-12H,7-10H2. The van der Waals surface area contributed by atoms with Gasteiger partial charge in [0.25, 0.3) is 5.91 Å². The van der Waals surface area contributed by atoms with Crippen molar-refractivity contribution in [3.8, 4) is 5.82 Å². The van der Waals surface area contributed by atoms with Gasteiger partial charge in [-0.15, -0.1) is 10.2 Å². The summed E-state index contributed by atoms with van der Waals surface area (Å²) in [5, 5.41) is 12.2. The Labute approximate surface area is 163 Å². The predicted octanol–water partition coefficient (Wildman–Crippen LogP) is 2.04. The zero-order valence-corrected chi connectivity index (χ0v) is 15.1. The van der Waals surface area contributed by atoms with Gasteiger partial charge in [-0.3, -0.25) is 4.79 Å². The highest BCUT2D eigenvalue weighted by Gasteiger charge is 2.36. The Bertz CT molecular complexity index is 981. The number of hydrogen-bond donors (Lipinski definition) is 0. The van der Waals surface area contributed by atoms with E-state index in [1.54, 1.807) is 12.1 Å². The molecule has 8 nitrogen and oxygen atoms in total. The molecule has 0 spiro atoms. The highest BCUT2D eigenvalue weighted by molar-refractivity contribution is 5.96. The minimum atomic E-state index is -4.57. The van der Waals surface area contributed by atoms with Gasteiger partial charge in [0.15, 0.2) is 11.6 Å². The highest BCUT2D eigenvalue weighted by atomic mass is 19.4. The van der Waals surface area contributed by atoms with Gasteiger partial charge >= 0.3 is 6.18 Å². The van der Waals surface area contributed by atoms with Crippen molar-refractivity contribution in [3.63, 3.8) is 0 Å². The van der Waals surface area contributed by atoms with Gasteiger partial charge in [0.2, 0.25) is 0 Å². The van der Waals surface area contributed by atoms with Crippen LogP contribution in [0.3, 0.4) is 0 Å². The van der Waals surface area contributed by atoms with Crippen LogP contribution >= 0.6 is 0 Å². The van der Waals surface area contributed by atoms with Gasteiger partial charge in [-0.25, -0.2) is 9.67 Å². The molecule has 29 heavy (non-hydrogen) atoms. The Kier molecular flexibility index (Phi) is 4.87. The molecule has 0 aliphatic carbocycles. The number of piperazine rings is 1. The largest absolute Gasteiger partial charge is 0.417 e. The number of carbonyl (C=O) groups excluding carboxylic acids is 1. The SMILES string of the molecule is O=C(c1ccccc1C(F)(F)F)N1CCN(c2ccc(-n3cncn3)nn2)CC1. The molecule has 1 amide bonds. The van der Waals surface area contributed by atoms with Crippen molar-refractivity contribution in [3.05, 3.63) is 60.2 Å². The summed E-state index contributed by atoms with van der Waals surface area (Å²) in [6.07, 6.45) is -1.68. The van der Waals surface area contributed by atoms with Crippen molar-refractivity contribution in [1.82, 2.24) is 29.9 Å². The van der Waals surface area contributed by atoms with E-state index in [-0.39, 0.29) is 18.7 Å². The Morgan fingerprint density at radius 2 is 1.62 bits per heavy atom. The fourth-order valence-corrected chi connectivity index (χ4v) is 3.16. The third kappa shape index (κ3) is 3.89. The second-order valence-corrected chi connectivity index (χ2v) is 6.41. The van der Waals surface area contributed by atoms with E-state index in [4.69, 9.17) is 0 Å². The van der Waals surface area contributed by atoms with E-state index in [0.29, 0.717) is 24.7 Å². The number of aromatic nitrogens is 5. The Morgan fingerprint density at radius 3 is 2.24 bits per heavy atom. The fourth-order valence-electron chi connectivity index (χ4n) is 3.16. The lowest BCUT2D eigenvalue weighted by atomic mass is 10.1. The smallest absolute Gasteiger partial charge is 0.352 e. The molecule has 1 aliphatic heterocycles. The molecule has 0 bridgehead atoms. The first-order chi connectivity index (χ1) is 13.9. The first-order valence-electron chi connectivity index (χ1n) is 8.82. The van der Waals surface area contributed by atoms with E-state index in [2.05, 4.69) is 20.3 Å². The molecule has 1 saturated heterocycles. The van der Waals surface area contributed by atoms with Gasteiger partial charge in [0.1, 0.15) is 12.7 Å². The number of alkyl halides is 3. The summed E-state index contributed by atoms with van der Waals surface area (Å²) in [5.74, 6) is 0.519. The second-order valence-electron chi connectivity index (χ2n) is 6.41. The van der Waals surface area contributed by atoms with Crippen molar-refractivity contribution >= 4 is 11.7 Å². The normalized spacial score (nSPS) is 14.9. The van der Waals surface area contributed by atoms with E-state index < -0.39 is 17.6 Å². The molecule has 0 radical (unpaired) electrons. The van der Waals surface area contributed by atoms with Crippen LogP contribution in [0.4, 0.5) is 19.0 Å². The molecule has 1 fully saturated rings. The lowest BCUT2D eigenvalue weighted by Crippen LogP contribution is -2.49. The fraction of sp³-hybridized carbons (Fsp3) is 0.278. The summed E-state index contributed by atoms with van der Waals surface area (Å²) in [4.78, 5) is 19.9. The maximum atomic E-state index is 13.2. The molecule has 0 atom stereocenters. The van der Waals surface area contributed by atoms with Gasteiger partial charge in [0, 0.05) is 26.2 Å². The van der Waals surface area contributed by atoms with Crippen LogP contribution < -0.4 is 4.90 Å². The van der Waals surface area contributed by atoms with Crippen molar-refractivity contribution < 1.29 is 18.0 Å². The molecule has 1 aliphatic rings. The van der Waals surface area contributed by atoms with Crippen molar-refractivity contribution in [2.45, 2.75) is 6.18 Å². The van der Waals surface area contributed by atoms with E-state index in [9.17, 15) is 18.0 Å². The summed E-state index contributed by atoms with van der Waals surface area (Å²) in [6.45, 7) is 1.46. The molecule has 2 aromatic heterocycles. The quantitative estimate of drug-likeness (QED) is 0.666. The molecule has 0 saturated carbocycles. The molecule has 4 rings (SSSR count). The van der Waals surface area contributed by atoms with E-state index in [1.165, 1.54) is 40.4 Å². The topological polar surface area (TPSA) is 80.0 Å². The van der Waals surface area contributed by atoms with Crippen LogP contribution in [0, 0.1) is 0 Å². The average molecular weight is 403 g/mol. The van der Waals surface area contributed by atoms with Crippen molar-refractivity contribution in [1.29, 1.82) is 0 Å². The molecule has 0 unspecified atom stereocenters. The number of amides is 1. The van der Waals surface area contributed by atoms with Crippen molar-refractivity contribution in [2.75, 3.05) is 31.1 Å². The summed E-state index contributed by atoms with van der Waals surface area (Å²) >= 11 is 0. The number of hydrogen-bond acceptors (Lipinski definition) is 6. The van der Waals surface area contributed by atoms with Gasteiger partial charge < -0.3 is 9.80 Å². The Balaban J connectivity index is 1.43. The maximum absolute atomic E-state index is 13.2. The van der Waals surface area contributed by atoms with Crippen LogP contribution in [0.1, 0.15) is 15.9 Å². The van der Waals surface area contributed by atoms with Crippen molar-refractivity contribution in [2.24, 2.45) is 0 Å². The summed E-state index contributed by atoms with van der Waals surface area (Å²) < 4.78 is 41.0. The predicted molar refractivity (Wildman–Crippen MR) is 96.5 cm³/mol. The monoisotopic (exact) mass is 403 g/mol. The van der Waals surface area contributed by atoms with Gasteiger partial charge in [-0.1, -0.05) is 12.1 Å². The molecule has 3 aromatic rings. The molecular weight excluding hydrogens is 387 g/mol. The summed E-state index contributed by atoms with van der Waals surface area (Å²) in [7, 11) is 0. The lowest BCUT2D eigenvalue weighted by molar-refractivity contribution is -0.138. The molecule has 1 aromatic carbocycles. The third-order valence-corrected chi connectivity index (χ3v) is 4.64. The van der Waals surface area contributed by atoms with Crippen LogP contribution in [-0.4, -0.2) is 61.9 Å². The molecule has 150 valence electrons. The molecule has 0 N–H and O–H groups in total. The van der Waals surface area contributed by atoms with Crippen LogP contribution in [0.5, 0.6) is 0 Å². The number of carbonyl (C=O) groups is 1. The second kappa shape index (κ2) is 7.49. The first kappa shape index (κ1) is 18.8. The zero-order chi connectivity index (χ0) is 20.4. The van der Waals surface area contributed by atoms with E-state index in [0.717, 1.165) is 6.07 Å². The van der Waals surface area contributed by atoms with E-state index >= 15 is 0 Å². The molecular formula is C18H16F3N7O. The number of halogens is 3. The maximum Gasteiger partial charge on any atom is 0.417 e. The number of anilines is 1. The Morgan fingerprint density at radius 1 is 0.931 bits per heavy atom. The van der Waals surface area contributed by atoms with Gasteiger partial charge in [-0.05, 0) is 24.3 Å². The number of benzene rings is 1. The highest BCUT2D eigenvalue weighted by Crippen LogP contribution is 2.32. The summed E-state index contributed by atoms with van der Waals surface area (Å²) in [5.41, 5.74) is -1.24. The first-order valence-corrected chi connectivity index (χ1v) is 8.82. The zero-order valence-electron chi connectivity index (χ0n) is 15.1. The van der Waals surface area contributed by atoms with Crippen LogP contribution in [0.15, 0.2) is 49.1 Å². The minimum Gasteiger partial charge on any atom is -0.352 e. The Hall–Kier alpha value is -3.50. The average Bonchev–Trinajstić information content (AvgIpc) is 3.28. The van der Waals surface area contributed by atoms with Gasteiger partial charge in [0.05, 0.1) is 11.1 Å².